The van der Waals surface area contributed by atoms with Gasteiger partial charge in [0.2, 0.25) is 0 Å². The summed E-state index contributed by atoms with van der Waals surface area (Å²) in [5.41, 5.74) is 4.86. The van der Waals surface area contributed by atoms with E-state index in [1.165, 1.54) is 18.9 Å². The molecule has 0 radical (unpaired) electrons. The molecule has 0 aromatic heterocycles. The molecule has 0 aliphatic rings. The average molecular weight is 201 g/mol. The van der Waals surface area contributed by atoms with Gasteiger partial charge in [0.1, 0.15) is 0 Å². The number of nitrogens with two attached hydrogens (primary N) is 1. The lowest BCUT2D eigenvalue weighted by Gasteiger charge is -1.95. The number of hydrogen-bond donors (Lipinski definition) is 1. The molecular weight excluding hydrogens is 182 g/mol. The first-order valence-corrected chi connectivity index (χ1v) is 4.66. The smallest absolute Gasteiger partial charge is 0.327 e. The second-order valence-electron chi connectivity index (χ2n) is 2.54. The van der Waals surface area contributed by atoms with E-state index in [9.17, 15) is 9.59 Å². The molecule has 0 rings (SSSR count). The molecule has 0 saturated heterocycles. The van der Waals surface area contributed by atoms with Crippen LogP contribution in [0.2, 0.25) is 0 Å². The highest BCUT2D eigenvalue weighted by molar-refractivity contribution is 5.86. The Labute approximate surface area is 85.1 Å². The van der Waals surface area contributed by atoms with Crippen LogP contribution >= 0.6 is 0 Å². The summed E-state index contributed by atoms with van der Waals surface area (Å²) in [5.74, 6) is -1.34. The molecule has 0 aliphatic carbocycles. The number of hydrogen-bond acceptors (Lipinski definition) is 4. The van der Waals surface area contributed by atoms with Crippen molar-refractivity contribution in [1.82, 2.24) is 0 Å². The predicted molar refractivity (Wildman–Crippen MR) is 55.5 cm³/mol. The molecule has 14 heavy (non-hydrogen) atoms. The fourth-order valence-electron chi connectivity index (χ4n) is 0.328. The standard InChI is InChI=1S/C6H9NO3.C4H10/c1-2-3-5(8)10-6(9)4-7;1-3-4-2/h2H,1,3-4,7H2;3-4H2,1-2H3. The van der Waals surface area contributed by atoms with Crippen molar-refractivity contribution in [2.24, 2.45) is 5.73 Å². The highest BCUT2D eigenvalue weighted by Crippen LogP contribution is 1.86. The Morgan fingerprint density at radius 3 is 2.07 bits per heavy atom. The third-order valence-electron chi connectivity index (χ3n) is 1.21. The van der Waals surface area contributed by atoms with Crippen molar-refractivity contribution in [2.75, 3.05) is 6.54 Å². The molecule has 0 saturated carbocycles. The van der Waals surface area contributed by atoms with Gasteiger partial charge >= 0.3 is 11.9 Å². The van der Waals surface area contributed by atoms with Crippen molar-refractivity contribution in [1.29, 1.82) is 0 Å². The van der Waals surface area contributed by atoms with Gasteiger partial charge < -0.3 is 10.5 Å². The Bertz CT molecular complexity index is 176. The summed E-state index contributed by atoms with van der Waals surface area (Å²) >= 11 is 0. The van der Waals surface area contributed by atoms with Gasteiger partial charge in [-0.15, -0.1) is 6.58 Å². The quantitative estimate of drug-likeness (QED) is 0.424. The topological polar surface area (TPSA) is 69.4 Å². The molecule has 0 bridgehead atoms. The second-order valence-corrected chi connectivity index (χ2v) is 2.54. The van der Waals surface area contributed by atoms with Crippen LogP contribution in [0.3, 0.4) is 0 Å². The summed E-state index contributed by atoms with van der Waals surface area (Å²) in [6, 6.07) is 0. The van der Waals surface area contributed by atoms with E-state index in [1.54, 1.807) is 0 Å². The third-order valence-corrected chi connectivity index (χ3v) is 1.21. The number of unbranched alkanes of at least 4 members (excludes halogenated alkanes) is 1. The highest BCUT2D eigenvalue weighted by Gasteiger charge is 2.04. The zero-order valence-electron chi connectivity index (χ0n) is 8.91. The van der Waals surface area contributed by atoms with Gasteiger partial charge in [0, 0.05) is 0 Å². The van der Waals surface area contributed by atoms with Gasteiger partial charge in [0.05, 0.1) is 13.0 Å². The molecule has 0 spiro atoms. The van der Waals surface area contributed by atoms with E-state index >= 15 is 0 Å². The highest BCUT2D eigenvalue weighted by atomic mass is 16.6. The van der Waals surface area contributed by atoms with Crippen LogP contribution in [0.4, 0.5) is 0 Å². The summed E-state index contributed by atoms with van der Waals surface area (Å²) in [6.45, 7) is 7.38. The predicted octanol–water partition coefficient (Wildman–Crippen LogP) is 1.40. The second kappa shape index (κ2) is 11.8. The van der Waals surface area contributed by atoms with Crippen LogP contribution in [0.5, 0.6) is 0 Å². The van der Waals surface area contributed by atoms with E-state index in [2.05, 4.69) is 25.2 Å². The normalized spacial score (nSPS) is 8.21. The monoisotopic (exact) mass is 201 g/mol. The van der Waals surface area contributed by atoms with Crippen LogP contribution < -0.4 is 5.73 Å². The van der Waals surface area contributed by atoms with E-state index in [4.69, 9.17) is 5.73 Å². The summed E-state index contributed by atoms with van der Waals surface area (Å²) in [4.78, 5) is 20.7. The Balaban J connectivity index is 0. The zero-order chi connectivity index (χ0) is 11.4. The van der Waals surface area contributed by atoms with Gasteiger partial charge in [-0.05, 0) is 0 Å². The summed E-state index contributed by atoms with van der Waals surface area (Å²) in [6.07, 6.45) is 4.03. The lowest BCUT2D eigenvalue weighted by atomic mass is 10.4. The molecule has 0 fully saturated rings. The maximum absolute atomic E-state index is 10.4. The Kier molecular flexibility index (Phi) is 13.0. The molecule has 0 aliphatic heterocycles. The van der Waals surface area contributed by atoms with Crippen molar-refractivity contribution in [3.05, 3.63) is 12.7 Å². The number of ether oxygens (including phenoxy) is 1. The molecule has 4 heteroatoms. The minimum absolute atomic E-state index is 0.0335. The van der Waals surface area contributed by atoms with Crippen LogP contribution in [-0.4, -0.2) is 18.5 Å². The Morgan fingerprint density at radius 2 is 1.79 bits per heavy atom. The Hall–Kier alpha value is -1.16. The van der Waals surface area contributed by atoms with E-state index < -0.39 is 11.9 Å². The summed E-state index contributed by atoms with van der Waals surface area (Å²) < 4.78 is 4.17. The molecule has 82 valence electrons. The average Bonchev–Trinajstić information content (AvgIpc) is 2.18. The zero-order valence-corrected chi connectivity index (χ0v) is 8.91. The van der Waals surface area contributed by atoms with Gasteiger partial charge in [-0.3, -0.25) is 9.59 Å². The molecule has 0 aromatic carbocycles. The summed E-state index contributed by atoms with van der Waals surface area (Å²) in [5, 5.41) is 0. The Morgan fingerprint density at radius 1 is 1.29 bits per heavy atom. The van der Waals surface area contributed by atoms with E-state index in [0.717, 1.165) is 0 Å². The van der Waals surface area contributed by atoms with Gasteiger partial charge in [-0.25, -0.2) is 0 Å². The molecule has 2 N–H and O–H groups in total. The largest absolute Gasteiger partial charge is 0.392 e. The molecule has 0 unspecified atom stereocenters. The first kappa shape index (κ1) is 15.3. The number of rotatable bonds is 4. The molecule has 0 atom stereocenters. The minimum Gasteiger partial charge on any atom is -0.392 e. The third kappa shape index (κ3) is 13.4. The summed E-state index contributed by atoms with van der Waals surface area (Å²) in [7, 11) is 0. The molecular formula is C10H19NO3. The van der Waals surface area contributed by atoms with E-state index in [0.29, 0.717) is 0 Å². The lowest BCUT2D eigenvalue weighted by Crippen LogP contribution is -2.20. The first-order chi connectivity index (χ1) is 6.62. The van der Waals surface area contributed by atoms with Crippen LogP contribution in [0.15, 0.2) is 12.7 Å². The minimum atomic E-state index is -0.716. The van der Waals surface area contributed by atoms with E-state index in [-0.39, 0.29) is 13.0 Å². The van der Waals surface area contributed by atoms with Gasteiger partial charge in [-0.1, -0.05) is 32.8 Å². The van der Waals surface area contributed by atoms with Crippen LogP contribution in [0.25, 0.3) is 0 Å². The maximum Gasteiger partial charge on any atom is 0.327 e. The van der Waals surface area contributed by atoms with Gasteiger partial charge in [-0.2, -0.15) is 0 Å². The van der Waals surface area contributed by atoms with Crippen LogP contribution in [-0.2, 0) is 14.3 Å². The number of carbonyl (C=O) groups excluding carboxylic acids is 2. The van der Waals surface area contributed by atoms with Crippen LogP contribution in [0, 0.1) is 0 Å². The fraction of sp³-hybridized carbons (Fsp3) is 0.600. The number of esters is 2. The SMILES string of the molecule is C=CCC(=O)OC(=O)CN.CCCC. The van der Waals surface area contributed by atoms with Crippen molar-refractivity contribution in [2.45, 2.75) is 33.1 Å². The van der Waals surface area contributed by atoms with Gasteiger partial charge in [0.25, 0.3) is 0 Å². The molecule has 4 nitrogen and oxygen atoms in total. The lowest BCUT2D eigenvalue weighted by molar-refractivity contribution is -0.157. The van der Waals surface area contributed by atoms with Crippen molar-refractivity contribution in [3.8, 4) is 0 Å². The molecule has 0 aromatic rings. The van der Waals surface area contributed by atoms with Crippen LogP contribution in [0.1, 0.15) is 33.1 Å². The maximum atomic E-state index is 10.4. The van der Waals surface area contributed by atoms with Crippen molar-refractivity contribution in [3.63, 3.8) is 0 Å². The van der Waals surface area contributed by atoms with Crippen molar-refractivity contribution >= 4 is 11.9 Å². The molecule has 0 amide bonds. The van der Waals surface area contributed by atoms with E-state index in [1.807, 2.05) is 0 Å². The molecule has 0 heterocycles. The fourth-order valence-corrected chi connectivity index (χ4v) is 0.328. The number of carbonyl (C=O) groups is 2. The van der Waals surface area contributed by atoms with Crippen molar-refractivity contribution < 1.29 is 14.3 Å². The first-order valence-electron chi connectivity index (χ1n) is 4.66. The van der Waals surface area contributed by atoms with Gasteiger partial charge in [0.15, 0.2) is 0 Å².